The highest BCUT2D eigenvalue weighted by atomic mass is 15.2. The number of likely N-dealkylation sites (tertiary alicyclic amines) is 1. The minimum Gasteiger partial charge on any atom is -0.306 e. The molecule has 27 heavy (non-hydrogen) atoms. The molecule has 5 rings (SSSR count). The van der Waals surface area contributed by atoms with Crippen LogP contribution in [0.25, 0.3) is 0 Å². The molecule has 1 saturated heterocycles. The molecule has 2 heteroatoms. The topological polar surface area (TPSA) is 6.48 Å². The predicted molar refractivity (Wildman–Crippen MR) is 114 cm³/mol. The quantitative estimate of drug-likeness (QED) is 0.618. The fourth-order valence-electron chi connectivity index (χ4n) is 10.1. The average molecular weight is 373 g/mol. The van der Waals surface area contributed by atoms with Crippen molar-refractivity contribution in [3.8, 4) is 0 Å². The van der Waals surface area contributed by atoms with E-state index in [1.54, 1.807) is 0 Å². The summed E-state index contributed by atoms with van der Waals surface area (Å²) in [5, 5.41) is 0. The second kappa shape index (κ2) is 5.97. The van der Waals surface area contributed by atoms with E-state index >= 15 is 0 Å². The van der Waals surface area contributed by atoms with Crippen LogP contribution >= 0.6 is 0 Å². The maximum atomic E-state index is 2.77. The maximum absolute atomic E-state index is 2.77. The van der Waals surface area contributed by atoms with Crippen molar-refractivity contribution in [2.45, 2.75) is 90.6 Å². The average Bonchev–Trinajstić information content (AvgIpc) is 3.09. The van der Waals surface area contributed by atoms with Gasteiger partial charge in [0.1, 0.15) is 0 Å². The summed E-state index contributed by atoms with van der Waals surface area (Å²) in [7, 11) is 7.02. The first-order chi connectivity index (χ1) is 12.7. The standard InChI is InChI=1S/C25H44N2/c1-17-20-7-8-22-24(3)12-9-18-15-19(26(4)5)10-13-23(18,2)21(24)11-14-25(20,22)16-27(17)6/h17-22H,7-16H2,1-6H3/t17-,18?,19-,20?,21+,22-,23-,24+,25-/m0/s1. The van der Waals surface area contributed by atoms with Crippen LogP contribution in [-0.2, 0) is 0 Å². The molecular weight excluding hydrogens is 328 g/mol. The zero-order valence-electron chi connectivity index (χ0n) is 18.9. The van der Waals surface area contributed by atoms with Gasteiger partial charge in [0.2, 0.25) is 0 Å². The van der Waals surface area contributed by atoms with E-state index in [-0.39, 0.29) is 0 Å². The van der Waals surface area contributed by atoms with Crippen molar-refractivity contribution in [1.29, 1.82) is 0 Å². The van der Waals surface area contributed by atoms with Crippen LogP contribution in [0.15, 0.2) is 0 Å². The zero-order valence-corrected chi connectivity index (χ0v) is 18.9. The molecule has 154 valence electrons. The van der Waals surface area contributed by atoms with Crippen molar-refractivity contribution >= 4 is 0 Å². The second-order valence-corrected chi connectivity index (χ2v) is 12.4. The molecule has 4 aliphatic carbocycles. The van der Waals surface area contributed by atoms with Crippen LogP contribution in [0, 0.1) is 39.9 Å². The summed E-state index contributed by atoms with van der Waals surface area (Å²) < 4.78 is 0. The van der Waals surface area contributed by atoms with Gasteiger partial charge >= 0.3 is 0 Å². The van der Waals surface area contributed by atoms with E-state index in [0.29, 0.717) is 16.2 Å². The summed E-state index contributed by atoms with van der Waals surface area (Å²) in [4.78, 5) is 5.23. The Morgan fingerprint density at radius 1 is 0.852 bits per heavy atom. The number of hydrogen-bond acceptors (Lipinski definition) is 2. The lowest BCUT2D eigenvalue weighted by Crippen LogP contribution is -2.60. The van der Waals surface area contributed by atoms with Crippen LogP contribution < -0.4 is 0 Å². The number of hydrogen-bond donors (Lipinski definition) is 0. The van der Waals surface area contributed by atoms with Gasteiger partial charge in [0.25, 0.3) is 0 Å². The van der Waals surface area contributed by atoms with Gasteiger partial charge in [-0.2, -0.15) is 0 Å². The Morgan fingerprint density at radius 3 is 2.33 bits per heavy atom. The van der Waals surface area contributed by atoms with E-state index in [2.05, 4.69) is 51.7 Å². The van der Waals surface area contributed by atoms with Gasteiger partial charge in [-0.15, -0.1) is 0 Å². The van der Waals surface area contributed by atoms with Crippen molar-refractivity contribution in [2.75, 3.05) is 27.7 Å². The highest BCUT2D eigenvalue weighted by molar-refractivity contribution is 5.18. The molecule has 1 spiro atoms. The third-order valence-corrected chi connectivity index (χ3v) is 11.6. The predicted octanol–water partition coefficient (Wildman–Crippen LogP) is 5.28. The first-order valence-electron chi connectivity index (χ1n) is 12.1. The zero-order chi connectivity index (χ0) is 19.2. The normalized spacial score (nSPS) is 57.9. The Hall–Kier alpha value is -0.0800. The third kappa shape index (κ3) is 2.32. The van der Waals surface area contributed by atoms with Crippen molar-refractivity contribution in [3.05, 3.63) is 0 Å². The second-order valence-electron chi connectivity index (χ2n) is 12.4. The molecule has 0 bridgehead atoms. The Bertz CT molecular complexity index is 601. The first kappa shape index (κ1) is 18.9. The van der Waals surface area contributed by atoms with E-state index in [1.807, 2.05) is 0 Å². The summed E-state index contributed by atoms with van der Waals surface area (Å²) >= 11 is 0. The Balaban J connectivity index is 1.46. The number of nitrogens with zero attached hydrogens (tertiary/aromatic N) is 2. The number of rotatable bonds is 1. The molecule has 0 aromatic heterocycles. The molecule has 4 saturated carbocycles. The summed E-state index contributed by atoms with van der Waals surface area (Å²) in [5.41, 5.74) is 1.91. The molecule has 2 nitrogen and oxygen atoms in total. The third-order valence-electron chi connectivity index (χ3n) is 11.6. The lowest BCUT2D eigenvalue weighted by atomic mass is 9.39. The molecule has 1 aliphatic heterocycles. The molecule has 2 unspecified atom stereocenters. The van der Waals surface area contributed by atoms with Crippen LogP contribution in [0.1, 0.15) is 78.6 Å². The van der Waals surface area contributed by atoms with Gasteiger partial charge in [-0.25, -0.2) is 0 Å². The fraction of sp³-hybridized carbons (Fsp3) is 1.00. The van der Waals surface area contributed by atoms with Crippen LogP contribution in [0.4, 0.5) is 0 Å². The molecule has 1 heterocycles. The van der Waals surface area contributed by atoms with Gasteiger partial charge in [-0.05, 0) is 126 Å². The molecule has 0 amide bonds. The van der Waals surface area contributed by atoms with Gasteiger partial charge in [0.15, 0.2) is 0 Å². The van der Waals surface area contributed by atoms with Gasteiger partial charge in [0.05, 0.1) is 0 Å². The van der Waals surface area contributed by atoms with Gasteiger partial charge in [-0.1, -0.05) is 13.8 Å². The van der Waals surface area contributed by atoms with E-state index < -0.39 is 0 Å². The van der Waals surface area contributed by atoms with Gasteiger partial charge in [0, 0.05) is 18.6 Å². The molecule has 5 aliphatic rings. The van der Waals surface area contributed by atoms with Crippen molar-refractivity contribution in [1.82, 2.24) is 9.80 Å². The van der Waals surface area contributed by atoms with Crippen molar-refractivity contribution < 1.29 is 0 Å². The summed E-state index contributed by atoms with van der Waals surface area (Å²) in [5.74, 6) is 3.96. The Labute approximate surface area is 168 Å². The molecule has 0 N–H and O–H groups in total. The summed E-state index contributed by atoms with van der Waals surface area (Å²) in [6.45, 7) is 9.43. The molecular formula is C25H44N2. The van der Waals surface area contributed by atoms with E-state index in [1.165, 1.54) is 64.3 Å². The van der Waals surface area contributed by atoms with Crippen LogP contribution in [-0.4, -0.2) is 49.6 Å². The van der Waals surface area contributed by atoms with Gasteiger partial charge in [-0.3, -0.25) is 0 Å². The number of fused-ring (bicyclic) bond motifs is 4. The van der Waals surface area contributed by atoms with Crippen molar-refractivity contribution in [3.63, 3.8) is 0 Å². The van der Waals surface area contributed by atoms with Gasteiger partial charge < -0.3 is 9.80 Å². The van der Waals surface area contributed by atoms with E-state index in [0.717, 1.165) is 35.8 Å². The molecule has 0 aromatic carbocycles. The lowest BCUT2D eigenvalue weighted by molar-refractivity contribution is -0.168. The maximum Gasteiger partial charge on any atom is 0.00982 e. The minimum atomic E-state index is 0.619. The first-order valence-corrected chi connectivity index (χ1v) is 12.1. The molecule has 9 atom stereocenters. The Morgan fingerprint density at radius 2 is 1.59 bits per heavy atom. The van der Waals surface area contributed by atoms with Crippen molar-refractivity contribution in [2.24, 2.45) is 39.9 Å². The van der Waals surface area contributed by atoms with Crippen LogP contribution in [0.2, 0.25) is 0 Å². The highest BCUT2D eigenvalue weighted by Crippen LogP contribution is 2.74. The highest BCUT2D eigenvalue weighted by Gasteiger charge is 2.68. The SMILES string of the molecule is C[C@H]1C2CC[C@@H]3[C@@]2(CC[C@H]2[C@@]3(C)CCC3C[C@@H](N(C)C)CC[C@@]32C)CN1C. The minimum absolute atomic E-state index is 0.619. The Kier molecular flexibility index (Phi) is 4.18. The van der Waals surface area contributed by atoms with Crippen LogP contribution in [0.3, 0.4) is 0 Å². The summed E-state index contributed by atoms with van der Waals surface area (Å²) in [6.07, 6.45) is 13.5. The molecule has 0 aromatic rings. The lowest BCUT2D eigenvalue weighted by Gasteiger charge is -2.66. The largest absolute Gasteiger partial charge is 0.306 e. The summed E-state index contributed by atoms with van der Waals surface area (Å²) in [6, 6.07) is 1.65. The van der Waals surface area contributed by atoms with E-state index in [9.17, 15) is 0 Å². The molecule has 0 radical (unpaired) electrons. The molecule has 5 fully saturated rings. The monoisotopic (exact) mass is 372 g/mol. The van der Waals surface area contributed by atoms with E-state index in [4.69, 9.17) is 0 Å². The van der Waals surface area contributed by atoms with Crippen LogP contribution in [0.5, 0.6) is 0 Å². The smallest absolute Gasteiger partial charge is 0.00982 e. The fourth-order valence-corrected chi connectivity index (χ4v) is 10.1.